The Bertz CT molecular complexity index is 446. The van der Waals surface area contributed by atoms with Crippen LogP contribution >= 0.6 is 0 Å². The van der Waals surface area contributed by atoms with E-state index in [0.717, 1.165) is 37.6 Å². The number of likely N-dealkylation sites (N-methyl/N-ethyl adjacent to an activating group) is 1. The minimum absolute atomic E-state index is 0.119. The lowest BCUT2D eigenvalue weighted by Gasteiger charge is -2.32. The van der Waals surface area contributed by atoms with E-state index in [0.29, 0.717) is 5.69 Å². The molecule has 1 aliphatic rings. The Morgan fingerprint density at radius 2 is 1.89 bits per heavy atom. The van der Waals surface area contributed by atoms with Crippen LogP contribution in [0.3, 0.4) is 0 Å². The number of hydrogen-bond donors (Lipinski definition) is 1. The largest absolute Gasteiger partial charge is 0.396 e. The summed E-state index contributed by atoms with van der Waals surface area (Å²) in [6, 6.07) is 0. The normalized spacial score (nSPS) is 17.2. The van der Waals surface area contributed by atoms with Gasteiger partial charge in [0.2, 0.25) is 5.91 Å². The van der Waals surface area contributed by atoms with Gasteiger partial charge in [-0.1, -0.05) is 0 Å². The van der Waals surface area contributed by atoms with E-state index in [1.165, 1.54) is 0 Å². The van der Waals surface area contributed by atoms with E-state index in [1.807, 2.05) is 18.7 Å². The molecule has 0 aromatic carbocycles. The highest BCUT2D eigenvalue weighted by Crippen LogP contribution is 2.15. The van der Waals surface area contributed by atoms with E-state index < -0.39 is 0 Å². The van der Waals surface area contributed by atoms with Gasteiger partial charge in [-0.15, -0.1) is 0 Å². The number of amides is 1. The van der Waals surface area contributed by atoms with Crippen molar-refractivity contribution < 1.29 is 4.79 Å². The first kappa shape index (κ1) is 12.9. The molecule has 0 saturated carbocycles. The number of carbonyl (C=O) groups excluding carboxylic acids is 1. The van der Waals surface area contributed by atoms with Gasteiger partial charge in [0, 0.05) is 26.2 Å². The van der Waals surface area contributed by atoms with E-state index in [2.05, 4.69) is 17.0 Å². The van der Waals surface area contributed by atoms with Gasteiger partial charge in [0.15, 0.2) is 0 Å². The summed E-state index contributed by atoms with van der Waals surface area (Å²) in [4.78, 5) is 16.3. The number of anilines is 1. The number of aromatic nitrogens is 2. The zero-order valence-corrected chi connectivity index (χ0v) is 11.3. The standard InChI is InChI=1S/C12H21N5O/c1-9-12(13)10(2)17(14-9)8-11(18)16-6-4-15(3)5-7-16/h4-8,13H2,1-3H3. The summed E-state index contributed by atoms with van der Waals surface area (Å²) in [5.41, 5.74) is 8.20. The van der Waals surface area contributed by atoms with Crippen molar-refractivity contribution in [3.63, 3.8) is 0 Å². The third-order valence-corrected chi connectivity index (χ3v) is 3.58. The molecule has 0 unspecified atom stereocenters. The zero-order chi connectivity index (χ0) is 13.3. The maximum Gasteiger partial charge on any atom is 0.244 e. The first-order valence-corrected chi connectivity index (χ1v) is 6.25. The molecule has 0 bridgehead atoms. The number of piperazine rings is 1. The van der Waals surface area contributed by atoms with Crippen LogP contribution in [-0.2, 0) is 11.3 Å². The lowest BCUT2D eigenvalue weighted by molar-refractivity contribution is -0.133. The molecule has 100 valence electrons. The van der Waals surface area contributed by atoms with Crippen LogP contribution in [0.2, 0.25) is 0 Å². The molecule has 6 nitrogen and oxygen atoms in total. The van der Waals surface area contributed by atoms with Crippen LogP contribution < -0.4 is 5.73 Å². The van der Waals surface area contributed by atoms with E-state index in [-0.39, 0.29) is 12.5 Å². The van der Waals surface area contributed by atoms with Gasteiger partial charge in [-0.05, 0) is 20.9 Å². The van der Waals surface area contributed by atoms with Gasteiger partial charge >= 0.3 is 0 Å². The minimum Gasteiger partial charge on any atom is -0.396 e. The van der Waals surface area contributed by atoms with Crippen molar-refractivity contribution >= 4 is 11.6 Å². The summed E-state index contributed by atoms with van der Waals surface area (Å²) in [6.45, 7) is 7.50. The van der Waals surface area contributed by atoms with Gasteiger partial charge in [-0.25, -0.2) is 0 Å². The molecule has 2 heterocycles. The smallest absolute Gasteiger partial charge is 0.244 e. The molecule has 1 aliphatic heterocycles. The molecule has 0 aliphatic carbocycles. The van der Waals surface area contributed by atoms with Gasteiger partial charge in [-0.3, -0.25) is 9.48 Å². The Labute approximate surface area is 107 Å². The highest BCUT2D eigenvalue weighted by Gasteiger charge is 2.20. The van der Waals surface area contributed by atoms with Crippen molar-refractivity contribution in [3.05, 3.63) is 11.4 Å². The van der Waals surface area contributed by atoms with Crippen molar-refractivity contribution in [2.75, 3.05) is 39.0 Å². The van der Waals surface area contributed by atoms with E-state index in [9.17, 15) is 4.79 Å². The number of hydrogen-bond acceptors (Lipinski definition) is 4. The maximum absolute atomic E-state index is 12.2. The number of nitrogens with two attached hydrogens (primary N) is 1. The second-order valence-electron chi connectivity index (χ2n) is 4.93. The Balaban J connectivity index is 2.01. The number of nitrogen functional groups attached to an aromatic ring is 1. The molecule has 1 aromatic heterocycles. The second-order valence-corrected chi connectivity index (χ2v) is 4.93. The molecule has 0 spiro atoms. The predicted octanol–water partition coefficient (Wildman–Crippen LogP) is -0.144. The van der Waals surface area contributed by atoms with Crippen LogP contribution in [-0.4, -0.2) is 58.7 Å². The van der Waals surface area contributed by atoms with Gasteiger partial charge in [0.25, 0.3) is 0 Å². The molecule has 2 N–H and O–H groups in total. The summed E-state index contributed by atoms with van der Waals surface area (Å²) >= 11 is 0. The molecule has 0 atom stereocenters. The summed E-state index contributed by atoms with van der Waals surface area (Å²) < 4.78 is 1.70. The van der Waals surface area contributed by atoms with Crippen molar-refractivity contribution in [3.8, 4) is 0 Å². The lowest BCUT2D eigenvalue weighted by atomic mass is 10.3. The maximum atomic E-state index is 12.2. The number of rotatable bonds is 2. The van der Waals surface area contributed by atoms with Crippen molar-refractivity contribution in [1.29, 1.82) is 0 Å². The fraction of sp³-hybridized carbons (Fsp3) is 0.667. The number of carbonyl (C=O) groups is 1. The van der Waals surface area contributed by atoms with E-state index >= 15 is 0 Å². The Hall–Kier alpha value is -1.56. The Morgan fingerprint density at radius 3 is 2.39 bits per heavy atom. The van der Waals surface area contributed by atoms with Crippen LogP contribution in [0.25, 0.3) is 0 Å². The van der Waals surface area contributed by atoms with Gasteiger partial charge in [0.05, 0.1) is 17.1 Å². The minimum atomic E-state index is 0.119. The first-order valence-electron chi connectivity index (χ1n) is 6.25. The molecular weight excluding hydrogens is 230 g/mol. The fourth-order valence-electron chi connectivity index (χ4n) is 2.15. The number of nitrogens with zero attached hydrogens (tertiary/aromatic N) is 4. The molecular formula is C12H21N5O. The fourth-order valence-corrected chi connectivity index (χ4v) is 2.15. The molecule has 0 radical (unpaired) electrons. The molecule has 1 saturated heterocycles. The van der Waals surface area contributed by atoms with Crippen LogP contribution in [0.5, 0.6) is 0 Å². The van der Waals surface area contributed by atoms with E-state index in [1.54, 1.807) is 4.68 Å². The van der Waals surface area contributed by atoms with Crippen molar-refractivity contribution in [2.24, 2.45) is 0 Å². The molecule has 1 amide bonds. The molecule has 2 rings (SSSR count). The average molecular weight is 251 g/mol. The van der Waals surface area contributed by atoms with Crippen LogP contribution in [0.1, 0.15) is 11.4 Å². The topological polar surface area (TPSA) is 67.4 Å². The first-order chi connectivity index (χ1) is 8.49. The van der Waals surface area contributed by atoms with Crippen molar-refractivity contribution in [1.82, 2.24) is 19.6 Å². The molecule has 1 aromatic rings. The van der Waals surface area contributed by atoms with Crippen LogP contribution in [0, 0.1) is 13.8 Å². The second kappa shape index (κ2) is 4.97. The van der Waals surface area contributed by atoms with E-state index in [4.69, 9.17) is 5.73 Å². The lowest BCUT2D eigenvalue weighted by Crippen LogP contribution is -2.48. The van der Waals surface area contributed by atoms with Gasteiger partial charge in [-0.2, -0.15) is 5.10 Å². The highest BCUT2D eigenvalue weighted by atomic mass is 16.2. The monoisotopic (exact) mass is 251 g/mol. The van der Waals surface area contributed by atoms with Crippen LogP contribution in [0.15, 0.2) is 0 Å². The molecule has 18 heavy (non-hydrogen) atoms. The summed E-state index contributed by atoms with van der Waals surface area (Å²) in [5.74, 6) is 0.119. The predicted molar refractivity (Wildman–Crippen MR) is 70.2 cm³/mol. The average Bonchev–Trinajstić information content (AvgIpc) is 2.58. The molecule has 1 fully saturated rings. The van der Waals surface area contributed by atoms with Gasteiger partial charge < -0.3 is 15.5 Å². The summed E-state index contributed by atoms with van der Waals surface area (Å²) in [7, 11) is 2.07. The third-order valence-electron chi connectivity index (χ3n) is 3.58. The number of aryl methyl sites for hydroxylation is 1. The summed E-state index contributed by atoms with van der Waals surface area (Å²) in [5, 5.41) is 4.29. The van der Waals surface area contributed by atoms with Crippen LogP contribution in [0.4, 0.5) is 5.69 Å². The molecule has 6 heteroatoms. The van der Waals surface area contributed by atoms with Gasteiger partial charge in [0.1, 0.15) is 6.54 Å². The zero-order valence-electron chi connectivity index (χ0n) is 11.3. The SMILES string of the molecule is Cc1nn(CC(=O)N2CCN(C)CC2)c(C)c1N. The Kier molecular flexibility index (Phi) is 3.56. The summed E-state index contributed by atoms with van der Waals surface area (Å²) in [6.07, 6.45) is 0. The Morgan fingerprint density at radius 1 is 1.28 bits per heavy atom. The highest BCUT2D eigenvalue weighted by molar-refractivity contribution is 5.76. The third kappa shape index (κ3) is 2.48. The quantitative estimate of drug-likeness (QED) is 0.794. The van der Waals surface area contributed by atoms with Crippen molar-refractivity contribution in [2.45, 2.75) is 20.4 Å².